The lowest BCUT2D eigenvalue weighted by atomic mass is 9.77. The third-order valence-corrected chi connectivity index (χ3v) is 8.81. The molecule has 2 N–H and O–H groups in total. The number of ether oxygens (including phenoxy) is 1. The largest absolute Gasteiger partial charge is 0.445 e. The molecule has 214 valence electrons. The first kappa shape index (κ1) is 28.1. The van der Waals surface area contributed by atoms with E-state index < -0.39 is 17.7 Å². The van der Waals surface area contributed by atoms with Crippen molar-refractivity contribution in [3.05, 3.63) is 71.8 Å². The van der Waals surface area contributed by atoms with E-state index in [0.717, 1.165) is 57.3 Å². The van der Waals surface area contributed by atoms with Crippen molar-refractivity contribution in [2.75, 3.05) is 26.2 Å². The number of carbonyl (C=O) groups excluding carboxylic acids is 3. The van der Waals surface area contributed by atoms with Gasteiger partial charge in [-0.25, -0.2) is 4.79 Å². The van der Waals surface area contributed by atoms with Gasteiger partial charge in [0.1, 0.15) is 18.2 Å². The van der Waals surface area contributed by atoms with Crippen LogP contribution in [0.5, 0.6) is 0 Å². The van der Waals surface area contributed by atoms with Gasteiger partial charge in [-0.3, -0.25) is 9.59 Å². The van der Waals surface area contributed by atoms with Crippen LogP contribution in [-0.4, -0.2) is 71.5 Å². The monoisotopic (exact) mass is 546 g/mol. The van der Waals surface area contributed by atoms with E-state index in [1.807, 2.05) is 41.3 Å². The second-order valence-electron chi connectivity index (χ2n) is 11.4. The van der Waals surface area contributed by atoms with Gasteiger partial charge in [0.25, 0.3) is 0 Å². The number of alkyl carbamates (subject to hydrolysis) is 1. The summed E-state index contributed by atoms with van der Waals surface area (Å²) in [6, 6.07) is 19.8. The fraction of sp³-hybridized carbons (Fsp3) is 0.531. The first-order chi connectivity index (χ1) is 19.5. The highest BCUT2D eigenvalue weighted by Crippen LogP contribution is 2.40. The standard InChI is InChI=1S/C32H42N4O4/c37-29-28(16-7-8-20-33-31(39)40-24-26-12-5-2-6-13-26)34-30(38)32(36(29)27-14-9-15-27)18-22-35(23-19-32)21-17-25-10-3-1-4-11-25/h1-6,10-13,27-28H,7-9,14-24H2,(H,33,39)(H,34,38)/t28-/m0/s1. The van der Waals surface area contributed by atoms with E-state index in [-0.39, 0.29) is 24.5 Å². The van der Waals surface area contributed by atoms with Crippen LogP contribution in [0, 0.1) is 0 Å². The molecule has 8 heteroatoms. The minimum atomic E-state index is -0.716. The van der Waals surface area contributed by atoms with E-state index in [1.54, 1.807) is 0 Å². The average molecular weight is 547 g/mol. The van der Waals surface area contributed by atoms with Gasteiger partial charge in [-0.2, -0.15) is 0 Å². The predicted octanol–water partition coefficient (Wildman–Crippen LogP) is 4.04. The molecule has 3 aliphatic rings. The molecule has 3 fully saturated rings. The topological polar surface area (TPSA) is 91.0 Å². The van der Waals surface area contributed by atoms with E-state index in [0.29, 0.717) is 32.2 Å². The lowest BCUT2D eigenvalue weighted by molar-refractivity contribution is -0.168. The van der Waals surface area contributed by atoms with Crippen LogP contribution in [0.25, 0.3) is 0 Å². The van der Waals surface area contributed by atoms with Crippen molar-refractivity contribution in [3.8, 4) is 0 Å². The summed E-state index contributed by atoms with van der Waals surface area (Å²) in [5.74, 6) is 0.103. The van der Waals surface area contributed by atoms with E-state index in [2.05, 4.69) is 39.8 Å². The van der Waals surface area contributed by atoms with Crippen LogP contribution in [0.3, 0.4) is 0 Å². The number of hydrogen-bond acceptors (Lipinski definition) is 5. The summed E-state index contributed by atoms with van der Waals surface area (Å²) in [5, 5.41) is 5.89. The second-order valence-corrected chi connectivity index (χ2v) is 11.4. The molecule has 0 unspecified atom stereocenters. The van der Waals surface area contributed by atoms with E-state index in [4.69, 9.17) is 4.74 Å². The molecule has 0 bridgehead atoms. The molecule has 0 aromatic heterocycles. The first-order valence-electron chi connectivity index (χ1n) is 14.9. The van der Waals surface area contributed by atoms with Gasteiger partial charge < -0.3 is 25.2 Å². The molecular formula is C32H42N4O4. The Morgan fingerprint density at radius 2 is 1.62 bits per heavy atom. The highest BCUT2D eigenvalue weighted by Gasteiger charge is 2.56. The van der Waals surface area contributed by atoms with Crippen molar-refractivity contribution in [2.45, 2.75) is 82.0 Å². The minimum absolute atomic E-state index is 0.0225. The number of nitrogens with one attached hydrogen (secondary N) is 2. The van der Waals surface area contributed by atoms with Crippen LogP contribution < -0.4 is 10.6 Å². The van der Waals surface area contributed by atoms with Crippen molar-refractivity contribution >= 4 is 17.9 Å². The van der Waals surface area contributed by atoms with Crippen LogP contribution in [-0.2, 0) is 27.4 Å². The van der Waals surface area contributed by atoms with Crippen molar-refractivity contribution in [1.82, 2.24) is 20.4 Å². The molecule has 3 amide bonds. The summed E-state index contributed by atoms with van der Waals surface area (Å²) in [5.41, 5.74) is 1.55. The van der Waals surface area contributed by atoms with Gasteiger partial charge in [-0.05, 0) is 68.9 Å². The number of carbonyl (C=O) groups is 3. The Balaban J connectivity index is 1.08. The molecule has 5 rings (SSSR count). The molecule has 2 heterocycles. The van der Waals surface area contributed by atoms with Gasteiger partial charge in [0, 0.05) is 32.2 Å². The lowest BCUT2D eigenvalue weighted by Crippen LogP contribution is -2.75. The highest BCUT2D eigenvalue weighted by molar-refractivity contribution is 6.00. The number of benzene rings is 2. The summed E-state index contributed by atoms with van der Waals surface area (Å²) in [7, 11) is 0. The molecule has 2 aromatic carbocycles. The molecule has 2 aromatic rings. The quantitative estimate of drug-likeness (QED) is 0.415. The van der Waals surface area contributed by atoms with Crippen LogP contribution in [0.2, 0.25) is 0 Å². The normalized spacial score (nSPS) is 21.1. The molecule has 40 heavy (non-hydrogen) atoms. The van der Waals surface area contributed by atoms with E-state index >= 15 is 0 Å². The molecule has 1 saturated carbocycles. The van der Waals surface area contributed by atoms with Gasteiger partial charge in [-0.1, -0.05) is 60.7 Å². The van der Waals surface area contributed by atoms with Crippen molar-refractivity contribution in [3.63, 3.8) is 0 Å². The predicted molar refractivity (Wildman–Crippen MR) is 153 cm³/mol. The maximum Gasteiger partial charge on any atom is 0.407 e. The lowest BCUT2D eigenvalue weighted by Gasteiger charge is -2.56. The van der Waals surface area contributed by atoms with Crippen LogP contribution in [0.15, 0.2) is 60.7 Å². The highest BCUT2D eigenvalue weighted by atomic mass is 16.5. The Morgan fingerprint density at radius 3 is 2.27 bits per heavy atom. The second kappa shape index (κ2) is 13.3. The third kappa shape index (κ3) is 6.66. The number of likely N-dealkylation sites (tertiary alicyclic amines) is 1. The third-order valence-electron chi connectivity index (χ3n) is 8.81. The van der Waals surface area contributed by atoms with Gasteiger partial charge in [-0.15, -0.1) is 0 Å². The van der Waals surface area contributed by atoms with Crippen LogP contribution in [0.1, 0.15) is 62.5 Å². The summed E-state index contributed by atoms with van der Waals surface area (Å²) >= 11 is 0. The summed E-state index contributed by atoms with van der Waals surface area (Å²) in [4.78, 5) is 43.8. The molecule has 0 radical (unpaired) electrons. The zero-order chi connectivity index (χ0) is 27.8. The van der Waals surface area contributed by atoms with Crippen molar-refractivity contribution < 1.29 is 19.1 Å². The maximum atomic E-state index is 13.8. The van der Waals surface area contributed by atoms with Crippen LogP contribution >= 0.6 is 0 Å². The van der Waals surface area contributed by atoms with Crippen LogP contribution in [0.4, 0.5) is 4.79 Å². The molecule has 1 aliphatic carbocycles. The number of rotatable bonds is 11. The Morgan fingerprint density at radius 1 is 0.950 bits per heavy atom. The van der Waals surface area contributed by atoms with Crippen molar-refractivity contribution in [2.24, 2.45) is 0 Å². The molecule has 2 saturated heterocycles. The zero-order valence-corrected chi connectivity index (χ0v) is 23.4. The van der Waals surface area contributed by atoms with Crippen molar-refractivity contribution in [1.29, 1.82) is 0 Å². The smallest absolute Gasteiger partial charge is 0.407 e. The maximum absolute atomic E-state index is 13.8. The average Bonchev–Trinajstić information content (AvgIpc) is 2.96. The molecule has 1 atom stereocenters. The molecule has 1 spiro atoms. The fourth-order valence-corrected chi connectivity index (χ4v) is 6.20. The Kier molecular flexibility index (Phi) is 9.37. The molecular weight excluding hydrogens is 504 g/mol. The Labute approximate surface area is 237 Å². The number of hydrogen-bond donors (Lipinski definition) is 2. The Hall–Kier alpha value is -3.39. The summed E-state index contributed by atoms with van der Waals surface area (Å²) < 4.78 is 5.25. The van der Waals surface area contributed by atoms with E-state index in [1.165, 1.54) is 5.56 Å². The van der Waals surface area contributed by atoms with Gasteiger partial charge in [0.2, 0.25) is 11.8 Å². The minimum Gasteiger partial charge on any atom is -0.445 e. The number of amides is 3. The number of piperidine rings is 1. The van der Waals surface area contributed by atoms with E-state index in [9.17, 15) is 14.4 Å². The van der Waals surface area contributed by atoms with Gasteiger partial charge in [0.05, 0.1) is 0 Å². The molecule has 2 aliphatic heterocycles. The Bertz CT molecular complexity index is 1130. The number of piperazine rings is 1. The van der Waals surface area contributed by atoms with Gasteiger partial charge in [0.15, 0.2) is 0 Å². The zero-order valence-electron chi connectivity index (χ0n) is 23.4. The summed E-state index contributed by atoms with van der Waals surface area (Å²) in [6.45, 7) is 3.33. The summed E-state index contributed by atoms with van der Waals surface area (Å²) in [6.07, 6.45) is 7.04. The molecule has 8 nitrogen and oxygen atoms in total. The first-order valence-corrected chi connectivity index (χ1v) is 14.9. The number of nitrogens with zero attached hydrogens (tertiary/aromatic N) is 2. The van der Waals surface area contributed by atoms with Gasteiger partial charge >= 0.3 is 6.09 Å². The number of unbranched alkanes of at least 4 members (excludes halogenated alkanes) is 1. The SMILES string of the molecule is O=C(NCCCC[C@@H]1NC(=O)C2(CCN(CCc3ccccc3)CC2)N(C2CCC2)C1=O)OCc1ccccc1. The fourth-order valence-electron chi connectivity index (χ4n) is 6.20.